The topological polar surface area (TPSA) is 122 Å². The van der Waals surface area contributed by atoms with Crippen LogP contribution >= 0.6 is 0 Å². The van der Waals surface area contributed by atoms with E-state index in [0.717, 1.165) is 0 Å². The molecule has 4 N–H and O–H groups in total. The SMILES string of the molecule is NC(=O)C(O)(c1ccccc1)c1cccc(-c2n[nH]c(=O)o2)c1. The van der Waals surface area contributed by atoms with Crippen molar-refractivity contribution in [3.05, 3.63) is 76.3 Å². The number of nitrogens with zero attached hydrogens (tertiary/aromatic N) is 1. The molecule has 0 aliphatic carbocycles. The molecule has 3 aromatic rings. The molecule has 0 fully saturated rings. The lowest BCUT2D eigenvalue weighted by Gasteiger charge is -2.26. The van der Waals surface area contributed by atoms with Crippen LogP contribution in [0.15, 0.2) is 63.8 Å². The Hall–Kier alpha value is -3.19. The Morgan fingerprint density at radius 1 is 1.13 bits per heavy atom. The molecular weight excluding hydrogens is 298 g/mol. The Morgan fingerprint density at radius 2 is 1.83 bits per heavy atom. The minimum Gasteiger partial charge on any atom is -0.388 e. The van der Waals surface area contributed by atoms with Gasteiger partial charge < -0.3 is 15.3 Å². The minimum absolute atomic E-state index is 0.0525. The van der Waals surface area contributed by atoms with E-state index in [4.69, 9.17) is 10.2 Å². The lowest BCUT2D eigenvalue weighted by molar-refractivity contribution is -0.133. The fraction of sp³-hybridized carbons (Fsp3) is 0.0625. The van der Waals surface area contributed by atoms with E-state index in [2.05, 4.69) is 10.2 Å². The molecule has 3 rings (SSSR count). The molecule has 0 aliphatic rings. The van der Waals surface area contributed by atoms with Gasteiger partial charge in [0.15, 0.2) is 5.60 Å². The summed E-state index contributed by atoms with van der Waals surface area (Å²) in [5, 5.41) is 16.8. The Morgan fingerprint density at radius 3 is 2.43 bits per heavy atom. The number of amides is 1. The molecule has 0 saturated carbocycles. The van der Waals surface area contributed by atoms with Gasteiger partial charge >= 0.3 is 5.76 Å². The minimum atomic E-state index is -2.01. The Kier molecular flexibility index (Phi) is 3.55. The molecule has 2 aromatic carbocycles. The number of H-pyrrole nitrogens is 1. The normalized spacial score (nSPS) is 13.4. The van der Waals surface area contributed by atoms with E-state index in [0.29, 0.717) is 11.1 Å². The maximum absolute atomic E-state index is 12.0. The number of hydrogen-bond acceptors (Lipinski definition) is 5. The molecule has 1 amide bonds. The maximum Gasteiger partial charge on any atom is 0.434 e. The quantitative estimate of drug-likeness (QED) is 0.656. The Labute approximate surface area is 130 Å². The van der Waals surface area contributed by atoms with E-state index >= 15 is 0 Å². The van der Waals surface area contributed by atoms with Crippen molar-refractivity contribution in [3.63, 3.8) is 0 Å². The first-order chi connectivity index (χ1) is 11.0. The van der Waals surface area contributed by atoms with Gasteiger partial charge in [-0.1, -0.05) is 42.5 Å². The molecule has 0 spiro atoms. The van der Waals surface area contributed by atoms with Gasteiger partial charge in [0, 0.05) is 5.56 Å². The van der Waals surface area contributed by atoms with Crippen LogP contribution in [0.2, 0.25) is 0 Å². The number of hydrogen-bond donors (Lipinski definition) is 3. The van der Waals surface area contributed by atoms with Gasteiger partial charge in [-0.05, 0) is 23.3 Å². The number of carbonyl (C=O) groups is 1. The number of rotatable bonds is 4. The summed E-state index contributed by atoms with van der Waals surface area (Å²) in [4.78, 5) is 23.0. The second kappa shape index (κ2) is 5.54. The van der Waals surface area contributed by atoms with Crippen molar-refractivity contribution in [3.8, 4) is 11.5 Å². The monoisotopic (exact) mass is 311 g/mol. The largest absolute Gasteiger partial charge is 0.434 e. The third kappa shape index (κ3) is 2.53. The number of aromatic amines is 1. The van der Waals surface area contributed by atoms with Crippen LogP contribution in [0.3, 0.4) is 0 Å². The second-order valence-corrected chi connectivity index (χ2v) is 4.94. The molecule has 1 unspecified atom stereocenters. The summed E-state index contributed by atoms with van der Waals surface area (Å²) in [5.41, 5.74) is 4.46. The first-order valence-corrected chi connectivity index (χ1v) is 6.76. The summed E-state index contributed by atoms with van der Waals surface area (Å²) in [6.45, 7) is 0. The Bertz CT molecular complexity index is 901. The van der Waals surface area contributed by atoms with Gasteiger partial charge in [0.1, 0.15) is 0 Å². The second-order valence-electron chi connectivity index (χ2n) is 4.94. The van der Waals surface area contributed by atoms with E-state index in [1.807, 2.05) is 0 Å². The molecule has 0 saturated heterocycles. The van der Waals surface area contributed by atoms with Crippen molar-refractivity contribution in [1.29, 1.82) is 0 Å². The van der Waals surface area contributed by atoms with Crippen molar-refractivity contribution in [1.82, 2.24) is 10.2 Å². The number of primary amides is 1. The van der Waals surface area contributed by atoms with Gasteiger partial charge in [0.2, 0.25) is 5.89 Å². The lowest BCUT2D eigenvalue weighted by Crippen LogP contribution is -2.42. The Balaban J connectivity index is 2.15. The van der Waals surface area contributed by atoms with E-state index in [1.54, 1.807) is 48.5 Å². The number of aliphatic hydroxyl groups is 1. The van der Waals surface area contributed by atoms with Gasteiger partial charge in [0.05, 0.1) is 0 Å². The third-order valence-corrected chi connectivity index (χ3v) is 3.51. The smallest absolute Gasteiger partial charge is 0.388 e. The molecule has 1 atom stereocenters. The summed E-state index contributed by atoms with van der Waals surface area (Å²) in [6.07, 6.45) is 0. The van der Waals surface area contributed by atoms with Crippen LogP contribution in [-0.2, 0) is 10.4 Å². The molecule has 0 aliphatic heterocycles. The molecule has 1 heterocycles. The van der Waals surface area contributed by atoms with E-state index < -0.39 is 17.3 Å². The summed E-state index contributed by atoms with van der Waals surface area (Å²) < 4.78 is 4.88. The zero-order valence-corrected chi connectivity index (χ0v) is 11.9. The molecular formula is C16H13N3O4. The van der Waals surface area contributed by atoms with Crippen LogP contribution in [0.1, 0.15) is 11.1 Å². The number of aromatic nitrogens is 2. The predicted octanol–water partition coefficient (Wildman–Crippen LogP) is 0.751. The van der Waals surface area contributed by atoms with Gasteiger partial charge in [-0.2, -0.15) is 0 Å². The van der Waals surface area contributed by atoms with Crippen LogP contribution < -0.4 is 11.5 Å². The number of nitrogens with two attached hydrogens (primary N) is 1. The van der Waals surface area contributed by atoms with E-state index in [9.17, 15) is 14.7 Å². The number of nitrogens with one attached hydrogen (secondary N) is 1. The molecule has 0 bridgehead atoms. The highest BCUT2D eigenvalue weighted by Gasteiger charge is 2.38. The average Bonchev–Trinajstić information content (AvgIpc) is 3.01. The number of carbonyl (C=O) groups excluding carboxylic acids is 1. The van der Waals surface area contributed by atoms with Crippen LogP contribution in [0, 0.1) is 0 Å². The zero-order chi connectivity index (χ0) is 16.4. The van der Waals surface area contributed by atoms with Crippen LogP contribution in [0.4, 0.5) is 0 Å². The molecule has 116 valence electrons. The van der Waals surface area contributed by atoms with Crippen LogP contribution in [0.25, 0.3) is 11.5 Å². The van der Waals surface area contributed by atoms with Crippen molar-refractivity contribution in [2.24, 2.45) is 5.73 Å². The highest BCUT2D eigenvalue weighted by Crippen LogP contribution is 2.31. The average molecular weight is 311 g/mol. The van der Waals surface area contributed by atoms with Crippen LogP contribution in [0.5, 0.6) is 0 Å². The predicted molar refractivity (Wildman–Crippen MR) is 81.2 cm³/mol. The van der Waals surface area contributed by atoms with Crippen molar-refractivity contribution in [2.75, 3.05) is 0 Å². The zero-order valence-electron chi connectivity index (χ0n) is 11.9. The fourth-order valence-electron chi connectivity index (χ4n) is 2.36. The fourth-order valence-corrected chi connectivity index (χ4v) is 2.36. The van der Waals surface area contributed by atoms with Gasteiger partial charge in [-0.25, -0.2) is 9.89 Å². The van der Waals surface area contributed by atoms with E-state index in [-0.39, 0.29) is 11.5 Å². The van der Waals surface area contributed by atoms with E-state index in [1.165, 1.54) is 6.07 Å². The summed E-state index contributed by atoms with van der Waals surface area (Å²) >= 11 is 0. The standard InChI is InChI=1S/C16H13N3O4/c17-14(20)16(22,11-6-2-1-3-7-11)12-8-4-5-10(9-12)13-18-19-15(21)23-13/h1-9,22H,(H2,17,20)(H,19,21). The summed E-state index contributed by atoms with van der Waals surface area (Å²) in [6, 6.07) is 14.7. The molecule has 1 aromatic heterocycles. The third-order valence-electron chi connectivity index (χ3n) is 3.51. The lowest BCUT2D eigenvalue weighted by atomic mass is 9.85. The highest BCUT2D eigenvalue weighted by atomic mass is 16.4. The molecule has 7 heteroatoms. The molecule has 7 nitrogen and oxygen atoms in total. The van der Waals surface area contributed by atoms with Crippen molar-refractivity contribution in [2.45, 2.75) is 5.60 Å². The van der Waals surface area contributed by atoms with Gasteiger partial charge in [-0.3, -0.25) is 4.79 Å². The van der Waals surface area contributed by atoms with Crippen LogP contribution in [-0.4, -0.2) is 21.2 Å². The molecule has 23 heavy (non-hydrogen) atoms. The van der Waals surface area contributed by atoms with Gasteiger partial charge in [-0.15, -0.1) is 5.10 Å². The summed E-state index contributed by atoms with van der Waals surface area (Å²) in [7, 11) is 0. The first-order valence-electron chi connectivity index (χ1n) is 6.76. The van der Waals surface area contributed by atoms with Crippen molar-refractivity contribution < 1.29 is 14.3 Å². The van der Waals surface area contributed by atoms with Gasteiger partial charge in [0.25, 0.3) is 5.91 Å². The van der Waals surface area contributed by atoms with Crippen molar-refractivity contribution >= 4 is 5.91 Å². The maximum atomic E-state index is 12.0. The number of benzene rings is 2. The molecule has 0 radical (unpaired) electrons. The highest BCUT2D eigenvalue weighted by molar-refractivity contribution is 5.89. The summed E-state index contributed by atoms with van der Waals surface area (Å²) in [5.74, 6) is -1.56. The first kappa shape index (κ1) is 14.7.